The van der Waals surface area contributed by atoms with Gasteiger partial charge in [-0.3, -0.25) is 0 Å². The molecule has 0 aliphatic rings. The summed E-state index contributed by atoms with van der Waals surface area (Å²) in [6, 6.07) is 13.9. The quantitative estimate of drug-likeness (QED) is 0.785. The maximum atomic E-state index is 13.2. The van der Waals surface area contributed by atoms with E-state index in [4.69, 9.17) is 4.74 Å². The van der Waals surface area contributed by atoms with E-state index in [1.807, 2.05) is 30.3 Å². The Labute approximate surface area is 120 Å². The molecule has 0 aliphatic heterocycles. The van der Waals surface area contributed by atoms with Gasteiger partial charge in [0, 0.05) is 15.1 Å². The predicted molar refractivity (Wildman–Crippen MR) is 78.8 cm³/mol. The number of para-hydroxylation sites is 1. The molecule has 1 aromatic heterocycles. The maximum Gasteiger partial charge on any atom is 0.125 e. The Morgan fingerprint density at radius 3 is 2.75 bits per heavy atom. The summed E-state index contributed by atoms with van der Waals surface area (Å²) in [5.74, 6) is 0.376. The van der Waals surface area contributed by atoms with Gasteiger partial charge >= 0.3 is 0 Å². The minimum absolute atomic E-state index is 0.266. The van der Waals surface area contributed by atoms with Gasteiger partial charge in [0.2, 0.25) is 0 Å². The highest BCUT2D eigenvalue weighted by Gasteiger charge is 2.17. The number of aliphatic hydroxyl groups excluding tert-OH is 1. The van der Waals surface area contributed by atoms with E-state index in [-0.39, 0.29) is 5.82 Å². The van der Waals surface area contributed by atoms with Crippen LogP contribution < -0.4 is 4.74 Å². The van der Waals surface area contributed by atoms with E-state index in [0.29, 0.717) is 11.3 Å². The molecule has 0 amide bonds. The lowest BCUT2D eigenvalue weighted by Crippen LogP contribution is -2.00. The summed E-state index contributed by atoms with van der Waals surface area (Å²) < 4.78 is 19.3. The number of hydrogen-bond donors (Lipinski definition) is 1. The molecule has 20 heavy (non-hydrogen) atoms. The van der Waals surface area contributed by atoms with Crippen LogP contribution in [0.15, 0.2) is 48.5 Å². The van der Waals surface area contributed by atoms with Crippen molar-refractivity contribution in [3.8, 4) is 5.75 Å². The molecule has 4 heteroatoms. The lowest BCUT2D eigenvalue weighted by molar-refractivity contribution is 0.218. The summed E-state index contributed by atoms with van der Waals surface area (Å²) in [6.07, 6.45) is -0.772. The van der Waals surface area contributed by atoms with Crippen molar-refractivity contribution in [1.29, 1.82) is 0 Å². The van der Waals surface area contributed by atoms with Crippen molar-refractivity contribution in [3.63, 3.8) is 0 Å². The van der Waals surface area contributed by atoms with Gasteiger partial charge in [0.05, 0.1) is 7.11 Å². The van der Waals surface area contributed by atoms with Crippen LogP contribution >= 0.6 is 11.3 Å². The number of thiophene rings is 1. The number of halogens is 1. The largest absolute Gasteiger partial charge is 0.496 e. The molecular weight excluding hydrogens is 275 g/mol. The fraction of sp³-hybridized carbons (Fsp3) is 0.125. The van der Waals surface area contributed by atoms with Gasteiger partial charge in [-0.1, -0.05) is 24.3 Å². The Kier molecular flexibility index (Phi) is 3.42. The number of fused-ring (bicyclic) bond motifs is 1. The van der Waals surface area contributed by atoms with Crippen LogP contribution in [-0.4, -0.2) is 12.2 Å². The highest BCUT2D eigenvalue weighted by atomic mass is 32.1. The van der Waals surface area contributed by atoms with Gasteiger partial charge in [0.15, 0.2) is 0 Å². The van der Waals surface area contributed by atoms with Crippen molar-refractivity contribution in [1.82, 2.24) is 0 Å². The van der Waals surface area contributed by atoms with Crippen molar-refractivity contribution in [2.75, 3.05) is 7.11 Å². The minimum atomic E-state index is -0.772. The number of benzene rings is 2. The molecule has 3 rings (SSSR count). The van der Waals surface area contributed by atoms with Crippen molar-refractivity contribution in [2.24, 2.45) is 0 Å². The van der Waals surface area contributed by atoms with Crippen molar-refractivity contribution >= 4 is 21.4 Å². The van der Waals surface area contributed by atoms with Crippen molar-refractivity contribution in [2.45, 2.75) is 6.10 Å². The van der Waals surface area contributed by atoms with Gasteiger partial charge < -0.3 is 9.84 Å². The van der Waals surface area contributed by atoms with E-state index in [1.165, 1.54) is 23.5 Å². The van der Waals surface area contributed by atoms with Gasteiger partial charge in [0.25, 0.3) is 0 Å². The summed E-state index contributed by atoms with van der Waals surface area (Å²) in [5.41, 5.74) is 0.710. The fourth-order valence-electron chi connectivity index (χ4n) is 2.21. The lowest BCUT2D eigenvalue weighted by Gasteiger charge is -2.12. The predicted octanol–water partition coefficient (Wildman–Crippen LogP) is 4.13. The van der Waals surface area contributed by atoms with Crippen LogP contribution in [0, 0.1) is 5.82 Å². The average Bonchev–Trinajstić information content (AvgIpc) is 2.89. The second kappa shape index (κ2) is 5.23. The van der Waals surface area contributed by atoms with Crippen LogP contribution in [0.4, 0.5) is 4.39 Å². The van der Waals surface area contributed by atoms with Gasteiger partial charge in [-0.05, 0) is 29.7 Å². The zero-order chi connectivity index (χ0) is 14.1. The molecule has 0 saturated carbocycles. The SMILES string of the molecule is COc1ccccc1C(O)c1cc2ccc(F)cc2s1. The molecular formula is C16H13FO2S. The van der Waals surface area contributed by atoms with Crippen molar-refractivity contribution in [3.05, 3.63) is 64.8 Å². The monoisotopic (exact) mass is 288 g/mol. The Balaban J connectivity index is 2.05. The molecule has 0 spiro atoms. The molecule has 1 atom stereocenters. The highest BCUT2D eigenvalue weighted by molar-refractivity contribution is 7.19. The van der Waals surface area contributed by atoms with Crippen LogP contribution in [0.25, 0.3) is 10.1 Å². The van der Waals surface area contributed by atoms with E-state index < -0.39 is 6.10 Å². The summed E-state index contributed by atoms with van der Waals surface area (Å²) in [7, 11) is 1.58. The first-order valence-corrected chi connectivity index (χ1v) is 7.00. The normalized spacial score (nSPS) is 12.6. The molecule has 102 valence electrons. The molecule has 0 fully saturated rings. The van der Waals surface area contributed by atoms with Gasteiger partial charge in [-0.15, -0.1) is 11.3 Å². The van der Waals surface area contributed by atoms with E-state index in [9.17, 15) is 9.50 Å². The molecule has 0 saturated heterocycles. The molecule has 1 unspecified atom stereocenters. The third kappa shape index (κ3) is 2.28. The molecule has 2 nitrogen and oxygen atoms in total. The Morgan fingerprint density at radius 2 is 1.95 bits per heavy atom. The van der Waals surface area contributed by atoms with Crippen LogP contribution in [0.3, 0.4) is 0 Å². The highest BCUT2D eigenvalue weighted by Crippen LogP contribution is 2.36. The molecule has 1 heterocycles. The summed E-state index contributed by atoms with van der Waals surface area (Å²) in [6.45, 7) is 0. The number of rotatable bonds is 3. The Morgan fingerprint density at radius 1 is 1.15 bits per heavy atom. The molecule has 2 aromatic carbocycles. The van der Waals surface area contributed by atoms with Gasteiger partial charge in [0.1, 0.15) is 17.7 Å². The fourth-order valence-corrected chi connectivity index (χ4v) is 3.30. The van der Waals surface area contributed by atoms with E-state index in [0.717, 1.165) is 15.0 Å². The van der Waals surface area contributed by atoms with Crippen LogP contribution in [0.5, 0.6) is 5.75 Å². The number of aliphatic hydroxyl groups is 1. The maximum absolute atomic E-state index is 13.2. The minimum Gasteiger partial charge on any atom is -0.496 e. The standard InChI is InChI=1S/C16H13FO2S/c1-19-13-5-3-2-4-12(13)16(18)15-8-10-6-7-11(17)9-14(10)20-15/h2-9,16,18H,1H3. The number of ether oxygens (including phenoxy) is 1. The molecule has 0 bridgehead atoms. The molecule has 1 N–H and O–H groups in total. The topological polar surface area (TPSA) is 29.5 Å². The second-order valence-corrected chi connectivity index (χ2v) is 5.59. The number of methoxy groups -OCH3 is 1. The van der Waals surface area contributed by atoms with Gasteiger partial charge in [-0.25, -0.2) is 4.39 Å². The van der Waals surface area contributed by atoms with Crippen LogP contribution in [-0.2, 0) is 0 Å². The summed E-state index contributed by atoms with van der Waals surface area (Å²) in [5, 5.41) is 11.4. The van der Waals surface area contributed by atoms with E-state index in [1.54, 1.807) is 13.2 Å². The van der Waals surface area contributed by atoms with E-state index in [2.05, 4.69) is 0 Å². The first-order chi connectivity index (χ1) is 9.69. The summed E-state index contributed by atoms with van der Waals surface area (Å²) >= 11 is 1.39. The molecule has 3 aromatic rings. The number of hydrogen-bond acceptors (Lipinski definition) is 3. The third-order valence-corrected chi connectivity index (χ3v) is 4.35. The average molecular weight is 288 g/mol. The van der Waals surface area contributed by atoms with Crippen LogP contribution in [0.1, 0.15) is 16.5 Å². The zero-order valence-corrected chi connectivity index (χ0v) is 11.7. The second-order valence-electron chi connectivity index (χ2n) is 4.48. The van der Waals surface area contributed by atoms with Crippen molar-refractivity contribution < 1.29 is 14.2 Å². The molecule has 0 radical (unpaired) electrons. The Bertz CT molecular complexity index is 751. The smallest absolute Gasteiger partial charge is 0.125 e. The lowest BCUT2D eigenvalue weighted by atomic mass is 10.1. The Hall–Kier alpha value is -1.91. The first kappa shape index (κ1) is 13.1. The van der Waals surface area contributed by atoms with Gasteiger partial charge in [-0.2, -0.15) is 0 Å². The summed E-state index contributed by atoms with van der Waals surface area (Å²) in [4.78, 5) is 0.773. The molecule has 0 aliphatic carbocycles. The third-order valence-electron chi connectivity index (χ3n) is 3.20. The first-order valence-electron chi connectivity index (χ1n) is 6.19. The van der Waals surface area contributed by atoms with Crippen LogP contribution in [0.2, 0.25) is 0 Å². The zero-order valence-electron chi connectivity index (χ0n) is 10.8. The van der Waals surface area contributed by atoms with E-state index >= 15 is 0 Å².